The largest absolute Gasteiger partial charge is 0.299 e. The number of nitrogens with one attached hydrogen (secondary N) is 2. The molecule has 0 saturated carbocycles. The summed E-state index contributed by atoms with van der Waals surface area (Å²) in [5.74, 6) is 0. The second-order valence-electron chi connectivity index (χ2n) is 7.16. The van der Waals surface area contributed by atoms with Gasteiger partial charge in [0.05, 0.1) is 0 Å². The van der Waals surface area contributed by atoms with Crippen molar-refractivity contribution in [1.29, 1.82) is 0 Å². The van der Waals surface area contributed by atoms with Crippen LogP contribution in [0, 0.1) is 6.92 Å². The van der Waals surface area contributed by atoms with Crippen molar-refractivity contribution in [3.05, 3.63) is 132 Å². The zero-order valence-corrected chi connectivity index (χ0v) is 18.0. The molecule has 0 radical (unpaired) electrons. The minimum atomic E-state index is -0.763. The lowest BCUT2D eigenvalue weighted by atomic mass is 9.77. The molecule has 5 heteroatoms. The Bertz CT molecular complexity index is 1020. The molecular formula is C26H23N3OS. The average Bonchev–Trinajstić information content (AvgIpc) is 2.83. The standard InChI is InChI=1S/C26H23N3OS/c1-20-17-18-24(27-19-20)31-25(30)28-29-26(21-11-5-2-6-12-21,22-13-7-3-8-14-22)23-15-9-4-10-16-23/h2-19,29H,1H3,(H,28,30). The Hall–Kier alpha value is -3.41. The fourth-order valence-electron chi connectivity index (χ4n) is 3.56. The molecule has 0 saturated heterocycles. The number of hydrazine groups is 1. The smallest absolute Gasteiger partial charge is 0.280 e. The van der Waals surface area contributed by atoms with Gasteiger partial charge in [-0.3, -0.25) is 10.2 Å². The van der Waals surface area contributed by atoms with Crippen molar-refractivity contribution in [3.8, 4) is 0 Å². The van der Waals surface area contributed by atoms with E-state index < -0.39 is 5.54 Å². The van der Waals surface area contributed by atoms with E-state index in [4.69, 9.17) is 0 Å². The second kappa shape index (κ2) is 9.60. The maximum absolute atomic E-state index is 12.8. The fourth-order valence-corrected chi connectivity index (χ4v) is 4.09. The molecule has 154 valence electrons. The molecule has 0 aliphatic carbocycles. The molecule has 0 unspecified atom stereocenters. The number of rotatable bonds is 6. The van der Waals surface area contributed by atoms with E-state index in [-0.39, 0.29) is 5.24 Å². The highest BCUT2D eigenvalue weighted by atomic mass is 32.2. The van der Waals surface area contributed by atoms with Gasteiger partial charge in [0.25, 0.3) is 5.24 Å². The number of hydrogen-bond acceptors (Lipinski definition) is 4. The highest BCUT2D eigenvalue weighted by molar-refractivity contribution is 8.13. The molecule has 0 aliphatic heterocycles. The normalized spacial score (nSPS) is 11.1. The third-order valence-corrected chi connectivity index (χ3v) is 5.79. The molecule has 0 bridgehead atoms. The number of hydrogen-bond donors (Lipinski definition) is 2. The molecule has 1 amide bonds. The summed E-state index contributed by atoms with van der Waals surface area (Å²) in [4.78, 5) is 17.1. The van der Waals surface area contributed by atoms with Gasteiger partial charge in [0.2, 0.25) is 0 Å². The summed E-state index contributed by atoms with van der Waals surface area (Å²) in [6.07, 6.45) is 1.76. The molecule has 0 atom stereocenters. The number of aryl methyl sites for hydroxylation is 1. The van der Waals surface area contributed by atoms with Crippen LogP contribution < -0.4 is 10.9 Å². The van der Waals surface area contributed by atoms with Crippen molar-refractivity contribution in [3.63, 3.8) is 0 Å². The Balaban J connectivity index is 1.71. The van der Waals surface area contributed by atoms with E-state index in [0.717, 1.165) is 34.0 Å². The minimum absolute atomic E-state index is 0.233. The molecule has 1 heterocycles. The van der Waals surface area contributed by atoms with Crippen molar-refractivity contribution in [1.82, 2.24) is 15.8 Å². The van der Waals surface area contributed by atoms with E-state index in [2.05, 4.69) is 52.2 Å². The first-order chi connectivity index (χ1) is 15.2. The van der Waals surface area contributed by atoms with Crippen LogP contribution in [0.5, 0.6) is 0 Å². The van der Waals surface area contributed by atoms with Crippen LogP contribution in [0.15, 0.2) is 114 Å². The highest BCUT2D eigenvalue weighted by Crippen LogP contribution is 2.36. The molecular weight excluding hydrogens is 402 g/mol. The molecule has 1 aromatic heterocycles. The number of carbonyl (C=O) groups excluding carboxylic acids is 1. The zero-order valence-electron chi connectivity index (χ0n) is 17.2. The van der Waals surface area contributed by atoms with Crippen LogP contribution in [-0.2, 0) is 5.54 Å². The van der Waals surface area contributed by atoms with Crippen LogP contribution >= 0.6 is 11.8 Å². The van der Waals surface area contributed by atoms with Crippen LogP contribution in [0.2, 0.25) is 0 Å². The minimum Gasteiger partial charge on any atom is -0.280 e. The summed E-state index contributed by atoms with van der Waals surface area (Å²) in [5.41, 5.74) is 9.63. The summed E-state index contributed by atoms with van der Waals surface area (Å²) in [6, 6.07) is 34.2. The lowest BCUT2D eigenvalue weighted by molar-refractivity contribution is 0.252. The van der Waals surface area contributed by atoms with Crippen LogP contribution in [0.25, 0.3) is 0 Å². The SMILES string of the molecule is Cc1ccc(SC(=O)NNC(c2ccccc2)(c2ccccc2)c2ccccc2)nc1. The van der Waals surface area contributed by atoms with Crippen molar-refractivity contribution in [2.75, 3.05) is 0 Å². The Morgan fingerprint density at radius 3 is 1.65 bits per heavy atom. The van der Waals surface area contributed by atoms with E-state index in [9.17, 15) is 4.79 Å². The average molecular weight is 426 g/mol. The highest BCUT2D eigenvalue weighted by Gasteiger charge is 2.36. The van der Waals surface area contributed by atoms with Crippen LogP contribution in [0.4, 0.5) is 4.79 Å². The summed E-state index contributed by atoms with van der Waals surface area (Å²) in [6.45, 7) is 1.97. The zero-order chi connectivity index (χ0) is 21.5. The first kappa shape index (κ1) is 20.8. The summed E-state index contributed by atoms with van der Waals surface area (Å²) in [7, 11) is 0. The van der Waals surface area contributed by atoms with Gasteiger partial charge in [-0.15, -0.1) is 0 Å². The van der Waals surface area contributed by atoms with Gasteiger partial charge in [-0.05, 0) is 47.0 Å². The maximum atomic E-state index is 12.8. The van der Waals surface area contributed by atoms with Gasteiger partial charge >= 0.3 is 0 Å². The molecule has 3 aromatic carbocycles. The number of carbonyl (C=O) groups is 1. The Kier molecular flexibility index (Phi) is 6.46. The number of nitrogens with zero attached hydrogens (tertiary/aromatic N) is 1. The second-order valence-corrected chi connectivity index (χ2v) is 8.15. The van der Waals surface area contributed by atoms with Crippen LogP contribution in [-0.4, -0.2) is 10.2 Å². The number of pyridine rings is 1. The Morgan fingerprint density at radius 1 is 0.742 bits per heavy atom. The number of benzene rings is 3. The van der Waals surface area contributed by atoms with Gasteiger partial charge in [0.15, 0.2) is 0 Å². The topological polar surface area (TPSA) is 54.0 Å². The number of amides is 1. The third-order valence-electron chi connectivity index (χ3n) is 5.05. The number of thioether (sulfide) groups is 1. The van der Waals surface area contributed by atoms with Gasteiger partial charge in [0.1, 0.15) is 10.6 Å². The van der Waals surface area contributed by atoms with E-state index in [0.29, 0.717) is 5.03 Å². The molecule has 2 N–H and O–H groups in total. The predicted octanol–water partition coefficient (Wildman–Crippen LogP) is 5.69. The molecule has 4 nitrogen and oxygen atoms in total. The monoisotopic (exact) mass is 425 g/mol. The Morgan fingerprint density at radius 2 is 1.23 bits per heavy atom. The molecule has 0 aliphatic rings. The summed E-state index contributed by atoms with van der Waals surface area (Å²) in [5, 5.41) is 0.415. The van der Waals surface area contributed by atoms with Gasteiger partial charge in [-0.25, -0.2) is 10.4 Å². The van der Waals surface area contributed by atoms with Crippen molar-refractivity contribution in [2.24, 2.45) is 0 Å². The van der Waals surface area contributed by atoms with Crippen LogP contribution in [0.3, 0.4) is 0 Å². The molecule has 0 fully saturated rings. The van der Waals surface area contributed by atoms with Gasteiger partial charge in [0, 0.05) is 6.20 Å². The molecule has 0 spiro atoms. The molecule has 4 rings (SSSR count). The molecule has 31 heavy (non-hydrogen) atoms. The third kappa shape index (κ3) is 4.68. The van der Waals surface area contributed by atoms with E-state index in [1.807, 2.05) is 73.7 Å². The number of aromatic nitrogens is 1. The summed E-state index contributed by atoms with van der Waals surface area (Å²) < 4.78 is 0. The lowest BCUT2D eigenvalue weighted by Crippen LogP contribution is -2.52. The molecule has 4 aromatic rings. The van der Waals surface area contributed by atoms with Gasteiger partial charge in [-0.1, -0.05) is 97.1 Å². The van der Waals surface area contributed by atoms with Gasteiger partial charge < -0.3 is 0 Å². The first-order valence-corrected chi connectivity index (χ1v) is 10.8. The quantitative estimate of drug-likeness (QED) is 0.237. The fraction of sp³-hybridized carbons (Fsp3) is 0.0769. The van der Waals surface area contributed by atoms with Crippen molar-refractivity contribution >= 4 is 17.0 Å². The van der Waals surface area contributed by atoms with E-state index in [1.54, 1.807) is 6.20 Å². The van der Waals surface area contributed by atoms with Crippen LogP contribution in [0.1, 0.15) is 22.3 Å². The first-order valence-electron chi connectivity index (χ1n) is 10.0. The van der Waals surface area contributed by atoms with Crippen molar-refractivity contribution in [2.45, 2.75) is 17.5 Å². The Labute approximate surface area is 186 Å². The summed E-state index contributed by atoms with van der Waals surface area (Å²) >= 11 is 1.05. The van der Waals surface area contributed by atoms with E-state index >= 15 is 0 Å². The van der Waals surface area contributed by atoms with Gasteiger partial charge in [-0.2, -0.15) is 0 Å². The lowest BCUT2D eigenvalue weighted by Gasteiger charge is -2.36. The van der Waals surface area contributed by atoms with E-state index in [1.165, 1.54) is 0 Å². The van der Waals surface area contributed by atoms with Crippen molar-refractivity contribution < 1.29 is 4.79 Å². The predicted molar refractivity (Wildman–Crippen MR) is 126 cm³/mol. The maximum Gasteiger partial charge on any atom is 0.299 e.